The van der Waals surface area contributed by atoms with Crippen LogP contribution < -0.4 is 0 Å². The SMILES string of the molecule is CCn1nc(CN2CCN(CC#N)CC2)c2ccccc21. The van der Waals surface area contributed by atoms with Gasteiger partial charge >= 0.3 is 0 Å². The summed E-state index contributed by atoms with van der Waals surface area (Å²) in [6.45, 7) is 8.43. The summed E-state index contributed by atoms with van der Waals surface area (Å²) in [5, 5.41) is 14.8. The van der Waals surface area contributed by atoms with Crippen LogP contribution in [0.4, 0.5) is 0 Å². The van der Waals surface area contributed by atoms with E-state index in [1.165, 1.54) is 16.6 Å². The molecule has 5 heteroatoms. The van der Waals surface area contributed by atoms with E-state index in [1.807, 2.05) is 0 Å². The smallest absolute Gasteiger partial charge is 0.0866 e. The second-order valence-corrected chi connectivity index (χ2v) is 5.49. The molecule has 0 bridgehead atoms. The van der Waals surface area contributed by atoms with Crippen LogP contribution in [0.15, 0.2) is 24.3 Å². The van der Waals surface area contributed by atoms with Crippen LogP contribution in [0.1, 0.15) is 12.6 Å². The van der Waals surface area contributed by atoms with Crippen molar-refractivity contribution in [2.75, 3.05) is 32.7 Å². The molecular weight excluding hydrogens is 262 g/mol. The summed E-state index contributed by atoms with van der Waals surface area (Å²) in [6.07, 6.45) is 0. The van der Waals surface area contributed by atoms with Crippen LogP contribution in [0, 0.1) is 11.3 Å². The van der Waals surface area contributed by atoms with Crippen molar-refractivity contribution in [3.8, 4) is 6.07 Å². The highest BCUT2D eigenvalue weighted by molar-refractivity contribution is 5.81. The summed E-state index contributed by atoms with van der Waals surface area (Å²) in [7, 11) is 0. The topological polar surface area (TPSA) is 48.1 Å². The molecule has 0 radical (unpaired) electrons. The van der Waals surface area contributed by atoms with Gasteiger partial charge < -0.3 is 0 Å². The lowest BCUT2D eigenvalue weighted by molar-refractivity contribution is 0.137. The minimum absolute atomic E-state index is 0.543. The maximum Gasteiger partial charge on any atom is 0.0866 e. The van der Waals surface area contributed by atoms with E-state index < -0.39 is 0 Å². The minimum atomic E-state index is 0.543. The van der Waals surface area contributed by atoms with Crippen LogP contribution in [0.5, 0.6) is 0 Å². The van der Waals surface area contributed by atoms with E-state index in [0.29, 0.717) is 6.54 Å². The van der Waals surface area contributed by atoms with Gasteiger partial charge in [-0.1, -0.05) is 18.2 Å². The Labute approximate surface area is 125 Å². The van der Waals surface area contributed by atoms with Crippen LogP contribution in [0.2, 0.25) is 0 Å². The lowest BCUT2D eigenvalue weighted by atomic mass is 10.2. The Bertz CT molecular complexity index is 646. The molecule has 0 amide bonds. The van der Waals surface area contributed by atoms with Crippen molar-refractivity contribution in [3.63, 3.8) is 0 Å². The number of rotatable bonds is 4. The highest BCUT2D eigenvalue weighted by Crippen LogP contribution is 2.20. The van der Waals surface area contributed by atoms with Gasteiger partial charge in [0.05, 0.1) is 23.8 Å². The molecule has 1 fully saturated rings. The Balaban J connectivity index is 1.73. The molecule has 0 aliphatic carbocycles. The Morgan fingerprint density at radius 2 is 1.86 bits per heavy atom. The number of nitrogens with zero attached hydrogens (tertiary/aromatic N) is 5. The predicted molar refractivity (Wildman–Crippen MR) is 82.7 cm³/mol. The molecule has 2 aromatic rings. The molecule has 0 spiro atoms. The van der Waals surface area contributed by atoms with Gasteiger partial charge in [0, 0.05) is 44.7 Å². The second-order valence-electron chi connectivity index (χ2n) is 5.49. The van der Waals surface area contributed by atoms with E-state index in [2.05, 4.69) is 51.7 Å². The zero-order valence-corrected chi connectivity index (χ0v) is 12.5. The summed E-state index contributed by atoms with van der Waals surface area (Å²) < 4.78 is 2.08. The standard InChI is InChI=1S/C16H21N5/c1-2-21-16-6-4-3-5-14(16)15(18-21)13-20-11-9-19(8-7-17)10-12-20/h3-6H,2,8-13H2,1H3. The van der Waals surface area contributed by atoms with E-state index in [9.17, 15) is 0 Å². The number of aromatic nitrogens is 2. The number of fused-ring (bicyclic) bond motifs is 1. The molecule has 21 heavy (non-hydrogen) atoms. The number of nitriles is 1. The number of hydrogen-bond donors (Lipinski definition) is 0. The zero-order chi connectivity index (χ0) is 14.7. The molecule has 5 nitrogen and oxygen atoms in total. The van der Waals surface area contributed by atoms with E-state index in [-0.39, 0.29) is 0 Å². The monoisotopic (exact) mass is 283 g/mol. The molecule has 110 valence electrons. The number of hydrogen-bond acceptors (Lipinski definition) is 4. The van der Waals surface area contributed by atoms with Crippen LogP contribution in [0.3, 0.4) is 0 Å². The van der Waals surface area contributed by atoms with Gasteiger partial charge in [0.15, 0.2) is 0 Å². The van der Waals surface area contributed by atoms with E-state index in [0.717, 1.165) is 39.3 Å². The summed E-state index contributed by atoms with van der Waals surface area (Å²) in [5.74, 6) is 0. The highest BCUT2D eigenvalue weighted by Gasteiger charge is 2.19. The van der Waals surface area contributed by atoms with Crippen LogP contribution in [-0.2, 0) is 13.1 Å². The molecule has 1 aromatic heterocycles. The van der Waals surface area contributed by atoms with Gasteiger partial charge in [-0.3, -0.25) is 14.5 Å². The highest BCUT2D eigenvalue weighted by atomic mass is 15.3. The summed E-state index contributed by atoms with van der Waals surface area (Å²) in [5.41, 5.74) is 2.39. The first-order chi connectivity index (χ1) is 10.3. The first-order valence-electron chi connectivity index (χ1n) is 7.58. The fraction of sp³-hybridized carbons (Fsp3) is 0.500. The molecule has 0 N–H and O–H groups in total. The minimum Gasteiger partial charge on any atom is -0.295 e. The normalized spacial score (nSPS) is 17.1. The zero-order valence-electron chi connectivity index (χ0n) is 12.5. The van der Waals surface area contributed by atoms with Crippen molar-refractivity contribution in [2.45, 2.75) is 20.0 Å². The molecule has 0 unspecified atom stereocenters. The van der Waals surface area contributed by atoms with Crippen molar-refractivity contribution in [1.82, 2.24) is 19.6 Å². The van der Waals surface area contributed by atoms with Crippen LogP contribution >= 0.6 is 0 Å². The number of para-hydroxylation sites is 1. The van der Waals surface area contributed by atoms with Crippen molar-refractivity contribution >= 4 is 10.9 Å². The molecule has 3 rings (SSSR count). The average Bonchev–Trinajstić information content (AvgIpc) is 2.88. The fourth-order valence-electron chi connectivity index (χ4n) is 2.97. The molecule has 1 aliphatic rings. The molecule has 0 saturated carbocycles. The Kier molecular flexibility index (Phi) is 4.18. The molecular formula is C16H21N5. The van der Waals surface area contributed by atoms with Gasteiger partial charge in [0.2, 0.25) is 0 Å². The maximum absolute atomic E-state index is 8.75. The molecule has 0 atom stereocenters. The first kappa shape index (κ1) is 14.1. The first-order valence-corrected chi connectivity index (χ1v) is 7.58. The number of benzene rings is 1. The second kappa shape index (κ2) is 6.25. The van der Waals surface area contributed by atoms with Crippen molar-refractivity contribution in [2.24, 2.45) is 0 Å². The van der Waals surface area contributed by atoms with Crippen molar-refractivity contribution in [1.29, 1.82) is 5.26 Å². The van der Waals surface area contributed by atoms with Gasteiger partial charge in [0.25, 0.3) is 0 Å². The molecule has 1 saturated heterocycles. The summed E-state index contributed by atoms with van der Waals surface area (Å²) in [6, 6.07) is 10.7. The largest absolute Gasteiger partial charge is 0.295 e. The van der Waals surface area contributed by atoms with Crippen molar-refractivity contribution < 1.29 is 0 Å². The number of aryl methyl sites for hydroxylation is 1. The maximum atomic E-state index is 8.75. The lowest BCUT2D eigenvalue weighted by Gasteiger charge is -2.32. The van der Waals surface area contributed by atoms with E-state index >= 15 is 0 Å². The third kappa shape index (κ3) is 2.92. The fourth-order valence-corrected chi connectivity index (χ4v) is 2.97. The van der Waals surface area contributed by atoms with Gasteiger partial charge in [-0.05, 0) is 13.0 Å². The molecule has 1 aliphatic heterocycles. The Hall–Kier alpha value is -1.90. The Morgan fingerprint density at radius 1 is 1.14 bits per heavy atom. The third-order valence-electron chi connectivity index (χ3n) is 4.17. The van der Waals surface area contributed by atoms with Crippen molar-refractivity contribution in [3.05, 3.63) is 30.0 Å². The lowest BCUT2D eigenvalue weighted by Crippen LogP contribution is -2.45. The van der Waals surface area contributed by atoms with Crippen LogP contribution in [0.25, 0.3) is 10.9 Å². The number of piperazine rings is 1. The van der Waals surface area contributed by atoms with Crippen LogP contribution in [-0.4, -0.2) is 52.3 Å². The van der Waals surface area contributed by atoms with Gasteiger partial charge in [-0.2, -0.15) is 10.4 Å². The third-order valence-corrected chi connectivity index (χ3v) is 4.17. The Morgan fingerprint density at radius 3 is 2.57 bits per heavy atom. The van der Waals surface area contributed by atoms with E-state index in [1.54, 1.807) is 0 Å². The van der Waals surface area contributed by atoms with E-state index in [4.69, 9.17) is 10.4 Å². The summed E-state index contributed by atoms with van der Waals surface area (Å²) in [4.78, 5) is 4.64. The molecule has 2 heterocycles. The summed E-state index contributed by atoms with van der Waals surface area (Å²) >= 11 is 0. The quantitative estimate of drug-likeness (QED) is 0.801. The van der Waals surface area contributed by atoms with Gasteiger partial charge in [0.1, 0.15) is 0 Å². The average molecular weight is 283 g/mol. The van der Waals surface area contributed by atoms with Gasteiger partial charge in [-0.25, -0.2) is 0 Å². The van der Waals surface area contributed by atoms with Gasteiger partial charge in [-0.15, -0.1) is 0 Å². The molecule has 1 aromatic carbocycles. The predicted octanol–water partition coefficient (Wildman–Crippen LogP) is 1.70.